The first-order valence-corrected chi connectivity index (χ1v) is 9.64. The van der Waals surface area contributed by atoms with Gasteiger partial charge in [0, 0.05) is 17.8 Å². The standard InChI is InChI=1S/C24H26N2O/c1-3-19(4-2)22-14-16-26(17-15-22)18-24(27)25-23-12-10-21(11-13-23)20-8-6-5-7-9-20/h5-17,19H,3-4,18H2,1-2H3/p+1. The molecule has 3 rings (SSSR count). The highest BCUT2D eigenvalue weighted by atomic mass is 16.1. The Labute approximate surface area is 161 Å². The summed E-state index contributed by atoms with van der Waals surface area (Å²) in [7, 11) is 0. The maximum absolute atomic E-state index is 12.3. The molecule has 1 heterocycles. The average Bonchev–Trinajstić information content (AvgIpc) is 2.71. The van der Waals surface area contributed by atoms with E-state index >= 15 is 0 Å². The Morgan fingerprint density at radius 2 is 1.44 bits per heavy atom. The second kappa shape index (κ2) is 9.13. The van der Waals surface area contributed by atoms with Crippen molar-refractivity contribution in [3.63, 3.8) is 0 Å². The molecular formula is C24H27N2O+. The first-order chi connectivity index (χ1) is 13.2. The fourth-order valence-electron chi connectivity index (χ4n) is 3.35. The van der Waals surface area contributed by atoms with Crippen LogP contribution in [0, 0.1) is 0 Å². The van der Waals surface area contributed by atoms with Gasteiger partial charge >= 0.3 is 0 Å². The highest BCUT2D eigenvalue weighted by molar-refractivity contribution is 5.90. The van der Waals surface area contributed by atoms with Gasteiger partial charge in [-0.3, -0.25) is 4.79 Å². The fraction of sp³-hybridized carbons (Fsp3) is 0.250. The van der Waals surface area contributed by atoms with Crippen LogP contribution in [0.4, 0.5) is 5.69 Å². The molecule has 1 aromatic heterocycles. The summed E-state index contributed by atoms with van der Waals surface area (Å²) in [5, 5.41) is 2.97. The highest BCUT2D eigenvalue weighted by Crippen LogP contribution is 2.22. The van der Waals surface area contributed by atoms with E-state index in [0.717, 1.165) is 24.1 Å². The van der Waals surface area contributed by atoms with Gasteiger partial charge in [0.05, 0.1) is 0 Å². The maximum atomic E-state index is 12.3. The van der Waals surface area contributed by atoms with Crippen LogP contribution in [0.5, 0.6) is 0 Å². The van der Waals surface area contributed by atoms with Crippen molar-refractivity contribution >= 4 is 11.6 Å². The second-order valence-corrected chi connectivity index (χ2v) is 6.81. The van der Waals surface area contributed by atoms with Crippen LogP contribution in [0.3, 0.4) is 0 Å². The number of aromatic nitrogens is 1. The minimum absolute atomic E-state index is 0.0252. The van der Waals surface area contributed by atoms with Gasteiger partial charge in [0.2, 0.25) is 6.54 Å². The third-order valence-corrected chi connectivity index (χ3v) is 4.98. The predicted molar refractivity (Wildman–Crippen MR) is 110 cm³/mol. The second-order valence-electron chi connectivity index (χ2n) is 6.81. The number of rotatable bonds is 7. The molecule has 0 aliphatic carbocycles. The number of carbonyl (C=O) groups excluding carboxylic acids is 1. The van der Waals surface area contributed by atoms with Crippen LogP contribution >= 0.6 is 0 Å². The third-order valence-electron chi connectivity index (χ3n) is 4.98. The van der Waals surface area contributed by atoms with Crippen LogP contribution in [0.15, 0.2) is 79.1 Å². The third kappa shape index (κ3) is 5.04. The Morgan fingerprint density at radius 3 is 2.04 bits per heavy atom. The van der Waals surface area contributed by atoms with Gasteiger partial charge in [0.25, 0.3) is 5.91 Å². The molecule has 2 aromatic carbocycles. The molecule has 0 bridgehead atoms. The van der Waals surface area contributed by atoms with E-state index in [1.54, 1.807) is 0 Å². The number of anilines is 1. The van der Waals surface area contributed by atoms with Gasteiger partial charge in [-0.1, -0.05) is 56.3 Å². The SMILES string of the molecule is CCC(CC)c1cc[n+](CC(=O)Nc2ccc(-c3ccccc3)cc2)cc1. The van der Waals surface area contributed by atoms with E-state index in [2.05, 4.69) is 43.4 Å². The van der Waals surface area contributed by atoms with Gasteiger partial charge < -0.3 is 5.32 Å². The van der Waals surface area contributed by atoms with E-state index in [1.165, 1.54) is 11.1 Å². The summed E-state index contributed by atoms with van der Waals surface area (Å²) in [6.07, 6.45) is 6.26. The summed E-state index contributed by atoms with van der Waals surface area (Å²) in [5.74, 6) is 0.569. The Hall–Kier alpha value is -2.94. The largest absolute Gasteiger partial charge is 0.321 e. The van der Waals surface area contributed by atoms with Crippen molar-refractivity contribution < 1.29 is 9.36 Å². The minimum atomic E-state index is -0.0252. The van der Waals surface area contributed by atoms with Crippen molar-refractivity contribution in [2.45, 2.75) is 39.2 Å². The topological polar surface area (TPSA) is 33.0 Å². The average molecular weight is 359 g/mol. The van der Waals surface area contributed by atoms with E-state index in [4.69, 9.17) is 0 Å². The summed E-state index contributed by atoms with van der Waals surface area (Å²) in [4.78, 5) is 12.3. The normalized spacial score (nSPS) is 10.8. The summed E-state index contributed by atoms with van der Waals surface area (Å²) in [6.45, 7) is 4.74. The van der Waals surface area contributed by atoms with Crippen molar-refractivity contribution in [3.8, 4) is 11.1 Å². The van der Waals surface area contributed by atoms with E-state index in [-0.39, 0.29) is 5.91 Å². The Balaban J connectivity index is 1.59. The van der Waals surface area contributed by atoms with E-state index in [9.17, 15) is 4.79 Å². The molecule has 0 radical (unpaired) electrons. The van der Waals surface area contributed by atoms with Crippen LogP contribution in [0.25, 0.3) is 11.1 Å². The van der Waals surface area contributed by atoms with Crippen molar-refractivity contribution in [3.05, 3.63) is 84.7 Å². The zero-order chi connectivity index (χ0) is 19.1. The molecule has 0 fully saturated rings. The Kier molecular flexibility index (Phi) is 6.37. The van der Waals surface area contributed by atoms with Gasteiger partial charge in [0.15, 0.2) is 12.4 Å². The van der Waals surface area contributed by atoms with Crippen LogP contribution in [-0.4, -0.2) is 5.91 Å². The zero-order valence-corrected chi connectivity index (χ0v) is 16.1. The molecule has 3 nitrogen and oxygen atoms in total. The molecule has 138 valence electrons. The van der Waals surface area contributed by atoms with Crippen molar-refractivity contribution in [1.82, 2.24) is 0 Å². The molecule has 0 atom stereocenters. The van der Waals surface area contributed by atoms with Gasteiger partial charge in [-0.2, -0.15) is 4.57 Å². The highest BCUT2D eigenvalue weighted by Gasteiger charge is 2.12. The van der Waals surface area contributed by atoms with E-state index in [0.29, 0.717) is 12.5 Å². The molecule has 0 unspecified atom stereocenters. The van der Waals surface area contributed by atoms with Crippen molar-refractivity contribution in [1.29, 1.82) is 0 Å². The number of amides is 1. The first-order valence-electron chi connectivity index (χ1n) is 9.64. The fourth-order valence-corrected chi connectivity index (χ4v) is 3.35. The Morgan fingerprint density at radius 1 is 0.852 bits per heavy atom. The lowest BCUT2D eigenvalue weighted by Gasteiger charge is -2.11. The molecule has 0 saturated carbocycles. The molecule has 0 aliphatic rings. The number of pyridine rings is 1. The van der Waals surface area contributed by atoms with Gasteiger partial charge in [-0.25, -0.2) is 0 Å². The lowest BCUT2D eigenvalue weighted by atomic mass is 9.95. The lowest BCUT2D eigenvalue weighted by Crippen LogP contribution is -2.39. The Bertz CT molecular complexity index is 851. The molecule has 0 spiro atoms. The van der Waals surface area contributed by atoms with Crippen LogP contribution in [-0.2, 0) is 11.3 Å². The van der Waals surface area contributed by atoms with Crippen molar-refractivity contribution in [2.75, 3.05) is 5.32 Å². The summed E-state index contributed by atoms with van der Waals surface area (Å²) < 4.78 is 1.92. The molecular weight excluding hydrogens is 332 g/mol. The van der Waals surface area contributed by atoms with Crippen LogP contribution in [0.2, 0.25) is 0 Å². The molecule has 0 aliphatic heterocycles. The number of benzene rings is 2. The number of hydrogen-bond acceptors (Lipinski definition) is 1. The molecule has 3 heteroatoms. The number of nitrogens with zero attached hydrogens (tertiary/aromatic N) is 1. The zero-order valence-electron chi connectivity index (χ0n) is 16.1. The monoisotopic (exact) mass is 359 g/mol. The summed E-state index contributed by atoms with van der Waals surface area (Å²) >= 11 is 0. The van der Waals surface area contributed by atoms with Gasteiger partial charge in [-0.05, 0) is 47.6 Å². The molecule has 1 amide bonds. The smallest absolute Gasteiger partial charge is 0.290 e. The molecule has 0 saturated heterocycles. The van der Waals surface area contributed by atoms with Crippen molar-refractivity contribution in [2.24, 2.45) is 0 Å². The van der Waals surface area contributed by atoms with E-state index < -0.39 is 0 Å². The number of nitrogens with one attached hydrogen (secondary N) is 1. The summed E-state index contributed by atoms with van der Waals surface area (Å²) in [6, 6.07) is 22.4. The number of carbonyl (C=O) groups is 1. The summed E-state index contributed by atoms with van der Waals surface area (Å²) in [5.41, 5.74) is 4.46. The lowest BCUT2D eigenvalue weighted by molar-refractivity contribution is -0.684. The molecule has 3 aromatic rings. The number of hydrogen-bond donors (Lipinski definition) is 1. The predicted octanol–water partition coefficient (Wildman–Crippen LogP) is 5.18. The molecule has 1 N–H and O–H groups in total. The minimum Gasteiger partial charge on any atom is -0.321 e. The first kappa shape index (κ1) is 18.8. The molecule has 27 heavy (non-hydrogen) atoms. The van der Waals surface area contributed by atoms with Gasteiger partial charge in [0.1, 0.15) is 0 Å². The van der Waals surface area contributed by atoms with Gasteiger partial charge in [-0.15, -0.1) is 0 Å². The van der Waals surface area contributed by atoms with Crippen LogP contribution in [0.1, 0.15) is 38.2 Å². The quantitative estimate of drug-likeness (QED) is 0.579. The van der Waals surface area contributed by atoms with Crippen LogP contribution < -0.4 is 9.88 Å². The van der Waals surface area contributed by atoms with E-state index in [1.807, 2.05) is 59.4 Å². The maximum Gasteiger partial charge on any atom is 0.290 e.